The van der Waals surface area contributed by atoms with Crippen molar-refractivity contribution in [2.75, 3.05) is 44.6 Å². The van der Waals surface area contributed by atoms with Gasteiger partial charge in [0, 0.05) is 38.8 Å². The Hall–Kier alpha value is -2.48. The molecule has 0 saturated carbocycles. The highest BCUT2D eigenvalue weighted by Gasteiger charge is 2.34. The molecule has 3 rings (SSSR count). The number of nitrogens with zero attached hydrogens (tertiary/aromatic N) is 1. The van der Waals surface area contributed by atoms with E-state index in [4.69, 9.17) is 19.9 Å². The highest BCUT2D eigenvalue weighted by Crippen LogP contribution is 2.38. The van der Waals surface area contributed by atoms with Crippen molar-refractivity contribution in [3.05, 3.63) is 12.1 Å². The average molecular weight is 321 g/mol. The van der Waals surface area contributed by atoms with Gasteiger partial charge in [0.25, 0.3) is 0 Å². The molecule has 2 aliphatic rings. The predicted octanol–water partition coefficient (Wildman–Crippen LogP) is 0.431. The minimum absolute atomic E-state index is 0.0409. The Balaban J connectivity index is 1.65. The zero-order chi connectivity index (χ0) is 16.4. The number of hydrogen-bond donors (Lipinski definition) is 2. The van der Waals surface area contributed by atoms with Gasteiger partial charge in [-0.05, 0) is 0 Å². The number of likely N-dealkylation sites (tertiary alicyclic amines) is 1. The third-order valence-corrected chi connectivity index (χ3v) is 3.95. The lowest BCUT2D eigenvalue weighted by Crippen LogP contribution is -2.30. The van der Waals surface area contributed by atoms with Crippen LogP contribution in [0.15, 0.2) is 12.1 Å². The summed E-state index contributed by atoms with van der Waals surface area (Å²) in [4.78, 5) is 25.9. The Morgan fingerprint density at radius 3 is 2.91 bits per heavy atom. The number of hydrogen-bond acceptors (Lipinski definition) is 6. The van der Waals surface area contributed by atoms with Crippen LogP contribution in [0.5, 0.6) is 11.5 Å². The van der Waals surface area contributed by atoms with Gasteiger partial charge in [-0.2, -0.15) is 0 Å². The molecule has 23 heavy (non-hydrogen) atoms. The number of amides is 2. The number of carbonyl (C=O) groups is 2. The Kier molecular flexibility index (Phi) is 4.24. The first-order valence-corrected chi connectivity index (χ1v) is 7.35. The third-order valence-electron chi connectivity index (χ3n) is 3.95. The maximum Gasteiger partial charge on any atom is 0.231 e. The van der Waals surface area contributed by atoms with E-state index in [1.807, 2.05) is 0 Å². The van der Waals surface area contributed by atoms with E-state index in [-0.39, 0.29) is 25.0 Å². The lowest BCUT2D eigenvalue weighted by Gasteiger charge is -2.16. The number of anilines is 2. The highest BCUT2D eigenvalue weighted by atomic mass is 16.7. The molecule has 1 unspecified atom stereocenters. The second-order valence-electron chi connectivity index (χ2n) is 5.52. The van der Waals surface area contributed by atoms with Crippen LogP contribution in [0.3, 0.4) is 0 Å². The number of ether oxygens (including phenoxy) is 3. The molecular weight excluding hydrogens is 302 g/mol. The minimum Gasteiger partial charge on any atom is -0.454 e. The van der Waals surface area contributed by atoms with Gasteiger partial charge < -0.3 is 30.2 Å². The first-order chi connectivity index (χ1) is 11.1. The van der Waals surface area contributed by atoms with Crippen LogP contribution in [-0.2, 0) is 14.3 Å². The molecule has 8 nitrogen and oxygen atoms in total. The minimum atomic E-state index is -0.399. The quantitative estimate of drug-likeness (QED) is 0.762. The van der Waals surface area contributed by atoms with Gasteiger partial charge in [0.15, 0.2) is 11.5 Å². The SMILES string of the molecule is COCCN1CC(C(=O)Nc2cc3c(cc2N)OCO3)CC1=O. The highest BCUT2D eigenvalue weighted by molar-refractivity contribution is 5.99. The van der Waals surface area contributed by atoms with Crippen molar-refractivity contribution in [2.24, 2.45) is 5.92 Å². The molecule has 2 heterocycles. The monoisotopic (exact) mass is 321 g/mol. The van der Waals surface area contributed by atoms with Crippen LogP contribution >= 0.6 is 0 Å². The van der Waals surface area contributed by atoms with Crippen LogP contribution in [0.25, 0.3) is 0 Å². The topological polar surface area (TPSA) is 103 Å². The largest absolute Gasteiger partial charge is 0.454 e. The summed E-state index contributed by atoms with van der Waals surface area (Å²) in [5.41, 5.74) is 6.77. The Bertz CT molecular complexity index is 634. The van der Waals surface area contributed by atoms with E-state index in [1.165, 1.54) is 0 Å². The first kappa shape index (κ1) is 15.4. The summed E-state index contributed by atoms with van der Waals surface area (Å²) in [6.07, 6.45) is 0.194. The van der Waals surface area contributed by atoms with E-state index in [0.717, 1.165) is 0 Å². The predicted molar refractivity (Wildman–Crippen MR) is 82.2 cm³/mol. The molecule has 1 saturated heterocycles. The van der Waals surface area contributed by atoms with E-state index < -0.39 is 5.92 Å². The normalized spacial score (nSPS) is 19.3. The Morgan fingerprint density at radius 1 is 1.43 bits per heavy atom. The standard InChI is InChI=1S/C15H19N3O5/c1-21-3-2-18-7-9(4-14(18)19)15(20)17-11-6-13-12(5-10(11)16)22-8-23-13/h5-6,9H,2-4,7-8,16H2,1H3,(H,17,20). The smallest absolute Gasteiger partial charge is 0.231 e. The number of carbonyl (C=O) groups excluding carboxylic acids is 2. The number of nitrogens with two attached hydrogens (primary N) is 1. The molecule has 1 atom stereocenters. The van der Waals surface area contributed by atoms with Crippen LogP contribution in [-0.4, -0.2) is 50.3 Å². The van der Waals surface area contributed by atoms with Crippen LogP contribution in [0.4, 0.5) is 11.4 Å². The van der Waals surface area contributed by atoms with Crippen molar-refractivity contribution in [1.29, 1.82) is 0 Å². The molecule has 2 amide bonds. The first-order valence-electron chi connectivity index (χ1n) is 7.35. The lowest BCUT2D eigenvalue weighted by molar-refractivity contribution is -0.128. The summed E-state index contributed by atoms with van der Waals surface area (Å²) in [5, 5.41) is 2.77. The number of nitrogen functional groups attached to an aromatic ring is 1. The van der Waals surface area contributed by atoms with Gasteiger partial charge in [0.2, 0.25) is 18.6 Å². The van der Waals surface area contributed by atoms with Gasteiger partial charge in [0.1, 0.15) is 0 Å². The second-order valence-corrected chi connectivity index (χ2v) is 5.52. The van der Waals surface area contributed by atoms with Gasteiger partial charge in [-0.3, -0.25) is 9.59 Å². The number of methoxy groups -OCH3 is 1. The Labute approximate surface area is 133 Å². The van der Waals surface area contributed by atoms with Crippen molar-refractivity contribution in [2.45, 2.75) is 6.42 Å². The number of nitrogens with one attached hydrogen (secondary N) is 1. The zero-order valence-electron chi connectivity index (χ0n) is 12.8. The van der Waals surface area contributed by atoms with Crippen molar-refractivity contribution >= 4 is 23.2 Å². The second kappa shape index (κ2) is 6.33. The van der Waals surface area contributed by atoms with Crippen molar-refractivity contribution < 1.29 is 23.8 Å². The fraction of sp³-hybridized carbons (Fsp3) is 0.467. The zero-order valence-corrected chi connectivity index (χ0v) is 12.8. The molecule has 1 aromatic rings. The van der Waals surface area contributed by atoms with E-state index >= 15 is 0 Å². The molecule has 0 spiro atoms. The summed E-state index contributed by atoms with van der Waals surface area (Å²) in [7, 11) is 1.58. The molecule has 8 heteroatoms. The molecule has 3 N–H and O–H groups in total. The summed E-state index contributed by atoms with van der Waals surface area (Å²) >= 11 is 0. The molecule has 2 aliphatic heterocycles. The van der Waals surface area contributed by atoms with Crippen molar-refractivity contribution in [3.8, 4) is 11.5 Å². The van der Waals surface area contributed by atoms with Gasteiger partial charge in [-0.15, -0.1) is 0 Å². The molecule has 0 aliphatic carbocycles. The molecule has 0 aromatic heterocycles. The maximum atomic E-state index is 12.4. The molecule has 1 aromatic carbocycles. The van der Waals surface area contributed by atoms with Gasteiger partial charge in [0.05, 0.1) is 23.9 Å². The van der Waals surface area contributed by atoms with E-state index in [9.17, 15) is 9.59 Å². The van der Waals surface area contributed by atoms with E-state index in [0.29, 0.717) is 42.6 Å². The summed E-state index contributed by atoms with van der Waals surface area (Å²) in [5.74, 6) is 0.426. The van der Waals surface area contributed by atoms with Gasteiger partial charge >= 0.3 is 0 Å². The fourth-order valence-corrected chi connectivity index (χ4v) is 2.67. The molecular formula is C15H19N3O5. The molecule has 124 valence electrons. The van der Waals surface area contributed by atoms with Crippen LogP contribution in [0.1, 0.15) is 6.42 Å². The van der Waals surface area contributed by atoms with Crippen LogP contribution in [0, 0.1) is 5.92 Å². The molecule has 0 bridgehead atoms. The van der Waals surface area contributed by atoms with E-state index in [1.54, 1.807) is 24.1 Å². The maximum absolute atomic E-state index is 12.4. The summed E-state index contributed by atoms with van der Waals surface area (Å²) in [6, 6.07) is 3.25. The van der Waals surface area contributed by atoms with Crippen LogP contribution < -0.4 is 20.5 Å². The average Bonchev–Trinajstić information content (AvgIpc) is 3.11. The summed E-state index contributed by atoms with van der Waals surface area (Å²) < 4.78 is 15.5. The van der Waals surface area contributed by atoms with Crippen molar-refractivity contribution in [1.82, 2.24) is 4.90 Å². The third kappa shape index (κ3) is 3.16. The number of benzene rings is 1. The fourth-order valence-electron chi connectivity index (χ4n) is 2.67. The van der Waals surface area contributed by atoms with Gasteiger partial charge in [-0.1, -0.05) is 0 Å². The van der Waals surface area contributed by atoms with E-state index in [2.05, 4.69) is 5.32 Å². The summed E-state index contributed by atoms with van der Waals surface area (Å²) in [6.45, 7) is 1.47. The number of rotatable bonds is 5. The Morgan fingerprint density at radius 2 is 2.17 bits per heavy atom. The van der Waals surface area contributed by atoms with Crippen LogP contribution in [0.2, 0.25) is 0 Å². The van der Waals surface area contributed by atoms with Gasteiger partial charge in [-0.25, -0.2) is 0 Å². The molecule has 0 radical (unpaired) electrons. The lowest BCUT2D eigenvalue weighted by atomic mass is 10.1. The van der Waals surface area contributed by atoms with Crippen molar-refractivity contribution in [3.63, 3.8) is 0 Å². The molecule has 1 fully saturated rings. The number of fused-ring (bicyclic) bond motifs is 1.